The molecule has 0 rings (SSSR count). The van der Waals surface area contributed by atoms with Gasteiger partial charge in [-0.15, -0.1) is 0 Å². The van der Waals surface area contributed by atoms with Crippen LogP contribution in [-0.2, 0) is 4.79 Å². The first-order valence-corrected chi connectivity index (χ1v) is 9.08. The Hall–Kier alpha value is -0.530. The van der Waals surface area contributed by atoms with Crippen molar-refractivity contribution in [2.24, 2.45) is 0 Å². The summed E-state index contributed by atoms with van der Waals surface area (Å²) >= 11 is 0. The lowest BCUT2D eigenvalue weighted by molar-refractivity contribution is -0.121. The predicted octanol–water partition coefficient (Wildman–Crippen LogP) is 5.60. The largest absolute Gasteiger partial charge is 0.356 e. The minimum Gasteiger partial charge on any atom is -0.356 e. The van der Waals surface area contributed by atoms with Gasteiger partial charge < -0.3 is 5.32 Å². The number of hydrogen-bond donors (Lipinski definition) is 1. The summed E-state index contributed by atoms with van der Waals surface area (Å²) in [6, 6.07) is 0. The smallest absolute Gasteiger partial charge is 0.219 e. The van der Waals surface area contributed by atoms with Gasteiger partial charge in [0.1, 0.15) is 0 Å². The first-order valence-electron chi connectivity index (χ1n) is 9.08. The van der Waals surface area contributed by atoms with Crippen molar-refractivity contribution in [3.63, 3.8) is 0 Å². The lowest BCUT2D eigenvalue weighted by Crippen LogP contribution is -2.23. The van der Waals surface area contributed by atoms with Gasteiger partial charge in [0.2, 0.25) is 5.91 Å². The molecule has 0 saturated carbocycles. The van der Waals surface area contributed by atoms with Crippen molar-refractivity contribution in [3.8, 4) is 0 Å². The maximum Gasteiger partial charge on any atom is 0.219 e. The number of amides is 1. The first kappa shape index (κ1) is 19.5. The van der Waals surface area contributed by atoms with E-state index in [9.17, 15) is 4.79 Å². The molecule has 120 valence electrons. The summed E-state index contributed by atoms with van der Waals surface area (Å²) in [5, 5.41) is 2.98. The highest BCUT2D eigenvalue weighted by molar-refractivity contribution is 5.75. The van der Waals surface area contributed by atoms with Crippen LogP contribution in [0.2, 0.25) is 0 Å². The molecule has 1 amide bonds. The van der Waals surface area contributed by atoms with Crippen LogP contribution in [0.5, 0.6) is 0 Å². The molecule has 0 saturated heterocycles. The van der Waals surface area contributed by atoms with Crippen molar-refractivity contribution >= 4 is 5.91 Å². The lowest BCUT2D eigenvalue weighted by Gasteiger charge is -2.04. The molecule has 0 bridgehead atoms. The zero-order chi connectivity index (χ0) is 14.9. The molecule has 0 aromatic heterocycles. The van der Waals surface area contributed by atoms with E-state index in [1.54, 1.807) is 0 Å². The van der Waals surface area contributed by atoms with Gasteiger partial charge in [-0.3, -0.25) is 4.79 Å². The van der Waals surface area contributed by atoms with E-state index < -0.39 is 0 Å². The summed E-state index contributed by atoms with van der Waals surface area (Å²) in [6.45, 7) is 5.19. The van der Waals surface area contributed by atoms with Gasteiger partial charge in [0.25, 0.3) is 0 Å². The maximum atomic E-state index is 11.2. The molecule has 0 unspecified atom stereocenters. The third kappa shape index (κ3) is 15.5. The number of unbranched alkanes of at least 4 members (excludes halogenated alkanes) is 11. The Morgan fingerprint density at radius 3 is 1.55 bits per heavy atom. The summed E-state index contributed by atoms with van der Waals surface area (Å²) in [7, 11) is 0. The highest BCUT2D eigenvalue weighted by Crippen LogP contribution is 2.11. The third-order valence-corrected chi connectivity index (χ3v) is 3.83. The molecule has 0 radical (unpaired) electrons. The van der Waals surface area contributed by atoms with Gasteiger partial charge in [-0.25, -0.2) is 0 Å². The van der Waals surface area contributed by atoms with E-state index in [0.29, 0.717) is 6.42 Å². The minimum absolute atomic E-state index is 0.218. The third-order valence-electron chi connectivity index (χ3n) is 3.83. The van der Waals surface area contributed by atoms with Crippen LogP contribution in [-0.4, -0.2) is 12.5 Å². The van der Waals surface area contributed by atoms with E-state index in [4.69, 9.17) is 0 Å². The Bertz CT molecular complexity index is 204. The summed E-state index contributed by atoms with van der Waals surface area (Å²) in [5.41, 5.74) is 0. The minimum atomic E-state index is 0.218. The fraction of sp³-hybridized carbons (Fsp3) is 0.944. The standard InChI is InChI=1S/C18H37NO/c1-3-5-6-7-8-9-10-11-12-13-14-15-17-19-18(20)16-4-2/h3-17H2,1-2H3,(H,19,20). The Morgan fingerprint density at radius 2 is 1.10 bits per heavy atom. The monoisotopic (exact) mass is 283 g/mol. The summed E-state index contributed by atoms with van der Waals surface area (Å²) in [4.78, 5) is 11.2. The fourth-order valence-electron chi connectivity index (χ4n) is 2.51. The van der Waals surface area contributed by atoms with Gasteiger partial charge in [-0.1, -0.05) is 84.5 Å². The number of carbonyl (C=O) groups is 1. The molecule has 0 aromatic rings. The van der Waals surface area contributed by atoms with Crippen molar-refractivity contribution in [2.75, 3.05) is 6.54 Å². The molecule has 0 atom stereocenters. The van der Waals surface area contributed by atoms with Crippen LogP contribution in [0.15, 0.2) is 0 Å². The van der Waals surface area contributed by atoms with Gasteiger partial charge in [0, 0.05) is 13.0 Å². The number of hydrogen-bond acceptors (Lipinski definition) is 1. The molecule has 0 aliphatic carbocycles. The highest BCUT2D eigenvalue weighted by Gasteiger charge is 1.97. The highest BCUT2D eigenvalue weighted by atomic mass is 16.1. The van der Waals surface area contributed by atoms with Crippen LogP contribution >= 0.6 is 0 Å². The second-order valence-electron chi connectivity index (χ2n) is 5.99. The SMILES string of the molecule is CCCCCCCCCCCCCCNC(=O)CCC. The molecule has 0 spiro atoms. The van der Waals surface area contributed by atoms with Gasteiger partial charge >= 0.3 is 0 Å². The number of carbonyl (C=O) groups excluding carboxylic acids is 1. The molecule has 1 N–H and O–H groups in total. The normalized spacial score (nSPS) is 10.7. The fourth-order valence-corrected chi connectivity index (χ4v) is 2.51. The summed E-state index contributed by atoms with van der Waals surface area (Å²) < 4.78 is 0. The van der Waals surface area contributed by atoms with Crippen LogP contribution in [0.1, 0.15) is 104 Å². The first-order chi connectivity index (χ1) is 9.81. The molecule has 20 heavy (non-hydrogen) atoms. The Balaban J connectivity index is 3.01. The average Bonchev–Trinajstić information content (AvgIpc) is 2.44. The van der Waals surface area contributed by atoms with Crippen LogP contribution in [0.3, 0.4) is 0 Å². The van der Waals surface area contributed by atoms with Crippen molar-refractivity contribution in [1.29, 1.82) is 0 Å². The summed E-state index contributed by atoms with van der Waals surface area (Å²) in [6.07, 6.45) is 18.0. The Morgan fingerprint density at radius 1 is 0.650 bits per heavy atom. The van der Waals surface area contributed by atoms with Gasteiger partial charge in [0.05, 0.1) is 0 Å². The van der Waals surface area contributed by atoms with Gasteiger partial charge in [0.15, 0.2) is 0 Å². The molecule has 0 aliphatic rings. The quantitative estimate of drug-likeness (QED) is 0.389. The second kappa shape index (κ2) is 16.5. The van der Waals surface area contributed by atoms with Crippen molar-refractivity contribution in [2.45, 2.75) is 104 Å². The van der Waals surface area contributed by atoms with Crippen LogP contribution in [0.25, 0.3) is 0 Å². The zero-order valence-corrected chi connectivity index (χ0v) is 14.0. The second-order valence-corrected chi connectivity index (χ2v) is 5.99. The molecule has 0 aromatic carbocycles. The van der Waals surface area contributed by atoms with Crippen molar-refractivity contribution in [1.82, 2.24) is 5.32 Å². The summed E-state index contributed by atoms with van der Waals surface area (Å²) in [5.74, 6) is 0.218. The molecule has 0 fully saturated rings. The molecule has 0 aliphatic heterocycles. The van der Waals surface area contributed by atoms with E-state index in [1.165, 1.54) is 70.6 Å². The van der Waals surface area contributed by atoms with Crippen LogP contribution in [0.4, 0.5) is 0 Å². The Kier molecular flexibility index (Phi) is 16.1. The van der Waals surface area contributed by atoms with Crippen molar-refractivity contribution in [3.05, 3.63) is 0 Å². The van der Waals surface area contributed by atoms with E-state index in [2.05, 4.69) is 12.2 Å². The molecule has 2 heteroatoms. The average molecular weight is 284 g/mol. The van der Waals surface area contributed by atoms with Gasteiger partial charge in [-0.2, -0.15) is 0 Å². The number of rotatable bonds is 15. The maximum absolute atomic E-state index is 11.2. The molecular formula is C18H37NO. The lowest BCUT2D eigenvalue weighted by atomic mass is 10.1. The van der Waals surface area contributed by atoms with E-state index in [-0.39, 0.29) is 5.91 Å². The van der Waals surface area contributed by atoms with Crippen LogP contribution < -0.4 is 5.32 Å². The van der Waals surface area contributed by atoms with E-state index in [0.717, 1.165) is 19.4 Å². The van der Waals surface area contributed by atoms with E-state index in [1.807, 2.05) is 6.92 Å². The molecular weight excluding hydrogens is 246 g/mol. The predicted molar refractivity (Wildman–Crippen MR) is 89.0 cm³/mol. The van der Waals surface area contributed by atoms with Gasteiger partial charge in [-0.05, 0) is 12.8 Å². The molecule has 2 nitrogen and oxygen atoms in total. The Labute approximate surface area is 127 Å². The zero-order valence-electron chi connectivity index (χ0n) is 14.0. The molecule has 0 heterocycles. The van der Waals surface area contributed by atoms with E-state index >= 15 is 0 Å². The topological polar surface area (TPSA) is 29.1 Å². The van der Waals surface area contributed by atoms with Crippen LogP contribution in [0, 0.1) is 0 Å². The van der Waals surface area contributed by atoms with Crippen molar-refractivity contribution < 1.29 is 4.79 Å². The number of nitrogens with one attached hydrogen (secondary N) is 1.